The third-order valence-corrected chi connectivity index (χ3v) is 5.83. The summed E-state index contributed by atoms with van der Waals surface area (Å²) in [6.45, 7) is 2.94. The molecule has 1 N–H and O–H groups in total. The summed E-state index contributed by atoms with van der Waals surface area (Å²) in [4.78, 5) is 12.4. The van der Waals surface area contributed by atoms with Crippen LogP contribution in [0.2, 0.25) is 0 Å². The molecule has 1 aliphatic heterocycles. The Bertz CT molecular complexity index is 551. The second-order valence-electron chi connectivity index (χ2n) is 6.68. The van der Waals surface area contributed by atoms with E-state index >= 15 is 0 Å². The molecule has 1 saturated carbocycles. The van der Waals surface area contributed by atoms with E-state index in [9.17, 15) is 4.79 Å². The molecular formula is C18H27NO4S. The van der Waals surface area contributed by atoms with Crippen molar-refractivity contribution in [2.24, 2.45) is 0 Å². The SMILES string of the molecule is CCCCC1COC2(CCC(Nc3ccsc3C(=O)OC)CC2)O1. The number of hydrogen-bond donors (Lipinski definition) is 1. The zero-order valence-corrected chi connectivity index (χ0v) is 15.3. The predicted molar refractivity (Wildman–Crippen MR) is 94.6 cm³/mol. The molecule has 134 valence electrons. The zero-order valence-electron chi connectivity index (χ0n) is 14.5. The summed E-state index contributed by atoms with van der Waals surface area (Å²) >= 11 is 1.41. The van der Waals surface area contributed by atoms with Gasteiger partial charge in [0.15, 0.2) is 5.79 Å². The molecule has 1 aromatic rings. The van der Waals surface area contributed by atoms with Gasteiger partial charge in [-0.3, -0.25) is 0 Å². The minimum Gasteiger partial charge on any atom is -0.465 e. The Labute approximate surface area is 147 Å². The topological polar surface area (TPSA) is 56.8 Å². The summed E-state index contributed by atoms with van der Waals surface area (Å²) in [5.74, 6) is -0.642. The Balaban J connectivity index is 1.51. The van der Waals surface area contributed by atoms with Gasteiger partial charge < -0.3 is 19.5 Å². The maximum atomic E-state index is 11.8. The van der Waals surface area contributed by atoms with Crippen molar-refractivity contribution < 1.29 is 19.0 Å². The fourth-order valence-corrected chi connectivity index (χ4v) is 4.32. The van der Waals surface area contributed by atoms with E-state index in [4.69, 9.17) is 14.2 Å². The molecule has 1 unspecified atom stereocenters. The van der Waals surface area contributed by atoms with E-state index in [1.54, 1.807) is 0 Å². The predicted octanol–water partition coefficient (Wildman–Crippen LogP) is 4.19. The Morgan fingerprint density at radius 3 is 2.96 bits per heavy atom. The van der Waals surface area contributed by atoms with E-state index in [0.717, 1.165) is 44.4 Å². The number of carbonyl (C=O) groups excluding carboxylic acids is 1. The first-order valence-electron chi connectivity index (χ1n) is 8.90. The summed E-state index contributed by atoms with van der Waals surface area (Å²) in [6.07, 6.45) is 7.53. The van der Waals surface area contributed by atoms with Crippen molar-refractivity contribution >= 4 is 23.0 Å². The van der Waals surface area contributed by atoms with Gasteiger partial charge in [0.25, 0.3) is 0 Å². The molecule has 2 heterocycles. The summed E-state index contributed by atoms with van der Waals surface area (Å²) < 4.78 is 17.1. The minimum absolute atomic E-state index is 0.261. The zero-order chi connectivity index (χ0) is 17.0. The van der Waals surface area contributed by atoms with Crippen LogP contribution >= 0.6 is 11.3 Å². The van der Waals surface area contributed by atoms with E-state index in [2.05, 4.69) is 12.2 Å². The first-order chi connectivity index (χ1) is 11.7. The van der Waals surface area contributed by atoms with Crippen molar-refractivity contribution in [2.45, 2.75) is 69.8 Å². The number of esters is 1. The van der Waals surface area contributed by atoms with Crippen LogP contribution in [0.25, 0.3) is 0 Å². The number of carbonyl (C=O) groups is 1. The molecule has 1 aromatic heterocycles. The molecule has 0 aromatic carbocycles. The fraction of sp³-hybridized carbons (Fsp3) is 0.722. The maximum Gasteiger partial charge on any atom is 0.350 e. The molecule has 1 saturated heterocycles. The number of anilines is 1. The lowest BCUT2D eigenvalue weighted by atomic mass is 9.90. The van der Waals surface area contributed by atoms with Crippen molar-refractivity contribution in [3.63, 3.8) is 0 Å². The molecule has 0 amide bonds. The van der Waals surface area contributed by atoms with Crippen LogP contribution in [0.15, 0.2) is 11.4 Å². The minimum atomic E-state index is -0.365. The van der Waals surface area contributed by atoms with Crippen LogP contribution in [-0.2, 0) is 14.2 Å². The molecule has 1 aliphatic carbocycles. The van der Waals surface area contributed by atoms with Crippen LogP contribution in [0.5, 0.6) is 0 Å². The van der Waals surface area contributed by atoms with Crippen molar-refractivity contribution in [1.29, 1.82) is 0 Å². The number of ether oxygens (including phenoxy) is 3. The highest BCUT2D eigenvalue weighted by Gasteiger charge is 2.44. The molecule has 0 bridgehead atoms. The number of rotatable bonds is 6. The lowest BCUT2D eigenvalue weighted by Crippen LogP contribution is -2.39. The quantitative estimate of drug-likeness (QED) is 0.777. The standard InChI is InChI=1S/C18H27NO4S/c1-3-4-5-14-12-22-18(23-14)9-6-13(7-10-18)19-15-8-11-24-16(15)17(20)21-2/h8,11,13-14,19H,3-7,9-10,12H2,1-2H3. The second kappa shape index (κ2) is 7.85. The van der Waals surface area contributed by atoms with Gasteiger partial charge in [-0.15, -0.1) is 11.3 Å². The second-order valence-corrected chi connectivity index (χ2v) is 7.59. The summed E-state index contributed by atoms with van der Waals surface area (Å²) in [7, 11) is 1.42. The molecule has 0 radical (unpaired) electrons. The van der Waals surface area contributed by atoms with Crippen LogP contribution in [0.4, 0.5) is 5.69 Å². The van der Waals surface area contributed by atoms with Crippen LogP contribution in [0, 0.1) is 0 Å². The van der Waals surface area contributed by atoms with Crippen molar-refractivity contribution in [2.75, 3.05) is 19.0 Å². The summed E-state index contributed by atoms with van der Waals surface area (Å²) in [6, 6.07) is 2.29. The molecule has 3 rings (SSSR count). The van der Waals surface area contributed by atoms with Crippen LogP contribution in [-0.4, -0.2) is 37.6 Å². The molecule has 1 spiro atoms. The van der Waals surface area contributed by atoms with E-state index in [-0.39, 0.29) is 17.9 Å². The van der Waals surface area contributed by atoms with Gasteiger partial charge in [-0.25, -0.2) is 4.79 Å². The van der Waals surface area contributed by atoms with Gasteiger partial charge in [0, 0.05) is 18.9 Å². The molecule has 6 heteroatoms. The van der Waals surface area contributed by atoms with E-state index < -0.39 is 0 Å². The Hall–Kier alpha value is -1.11. The van der Waals surface area contributed by atoms with Gasteiger partial charge in [-0.2, -0.15) is 0 Å². The van der Waals surface area contributed by atoms with Gasteiger partial charge in [0.2, 0.25) is 0 Å². The third-order valence-electron chi connectivity index (χ3n) is 4.94. The molecule has 2 aliphatic rings. The highest BCUT2D eigenvalue weighted by molar-refractivity contribution is 7.12. The molecule has 1 atom stereocenters. The average Bonchev–Trinajstić information content (AvgIpc) is 3.22. The Morgan fingerprint density at radius 2 is 2.25 bits per heavy atom. The highest BCUT2D eigenvalue weighted by Crippen LogP contribution is 2.40. The fourth-order valence-electron chi connectivity index (χ4n) is 3.55. The molecule has 2 fully saturated rings. The maximum absolute atomic E-state index is 11.8. The van der Waals surface area contributed by atoms with Crippen molar-refractivity contribution in [3.8, 4) is 0 Å². The Morgan fingerprint density at radius 1 is 1.46 bits per heavy atom. The lowest BCUT2D eigenvalue weighted by Gasteiger charge is -2.36. The number of methoxy groups -OCH3 is 1. The van der Waals surface area contributed by atoms with Crippen molar-refractivity contribution in [1.82, 2.24) is 0 Å². The van der Waals surface area contributed by atoms with Gasteiger partial charge in [-0.1, -0.05) is 19.8 Å². The van der Waals surface area contributed by atoms with Crippen LogP contribution < -0.4 is 5.32 Å². The highest BCUT2D eigenvalue weighted by atomic mass is 32.1. The van der Waals surface area contributed by atoms with E-state index in [0.29, 0.717) is 10.9 Å². The number of thiophene rings is 1. The third kappa shape index (κ3) is 3.92. The molecular weight excluding hydrogens is 326 g/mol. The van der Waals surface area contributed by atoms with Gasteiger partial charge in [0.1, 0.15) is 4.88 Å². The lowest BCUT2D eigenvalue weighted by molar-refractivity contribution is -0.188. The average molecular weight is 353 g/mol. The smallest absolute Gasteiger partial charge is 0.350 e. The van der Waals surface area contributed by atoms with E-state index in [1.165, 1.54) is 31.3 Å². The largest absolute Gasteiger partial charge is 0.465 e. The van der Waals surface area contributed by atoms with Gasteiger partial charge in [-0.05, 0) is 30.7 Å². The molecule has 24 heavy (non-hydrogen) atoms. The monoisotopic (exact) mass is 353 g/mol. The number of unbranched alkanes of at least 4 members (excludes halogenated alkanes) is 1. The van der Waals surface area contributed by atoms with Crippen molar-refractivity contribution in [3.05, 3.63) is 16.3 Å². The van der Waals surface area contributed by atoms with Gasteiger partial charge >= 0.3 is 5.97 Å². The first kappa shape index (κ1) is 17.7. The van der Waals surface area contributed by atoms with Crippen LogP contribution in [0.3, 0.4) is 0 Å². The summed E-state index contributed by atoms with van der Waals surface area (Å²) in [5, 5.41) is 5.41. The van der Waals surface area contributed by atoms with Crippen LogP contribution in [0.1, 0.15) is 61.5 Å². The van der Waals surface area contributed by atoms with E-state index in [1.807, 2.05) is 11.4 Å². The number of hydrogen-bond acceptors (Lipinski definition) is 6. The van der Waals surface area contributed by atoms with Gasteiger partial charge in [0.05, 0.1) is 25.5 Å². The first-order valence-corrected chi connectivity index (χ1v) is 9.78. The normalized spacial score (nSPS) is 29.8. The Kier molecular flexibility index (Phi) is 5.79. The molecule has 5 nitrogen and oxygen atoms in total. The summed E-state index contributed by atoms with van der Waals surface area (Å²) in [5.41, 5.74) is 0.877. The number of nitrogens with one attached hydrogen (secondary N) is 1.